The highest BCUT2D eigenvalue weighted by Crippen LogP contribution is 2.32. The van der Waals surface area contributed by atoms with Crippen molar-refractivity contribution >= 4 is 39.9 Å². The van der Waals surface area contributed by atoms with Crippen LogP contribution in [0.1, 0.15) is 0 Å². The molecule has 0 saturated carbocycles. The predicted molar refractivity (Wildman–Crippen MR) is 96.6 cm³/mol. The maximum absolute atomic E-state index is 12.4. The van der Waals surface area contributed by atoms with Crippen molar-refractivity contribution in [3.8, 4) is 5.75 Å². The second-order valence-corrected chi connectivity index (χ2v) is 5.37. The van der Waals surface area contributed by atoms with Crippen LogP contribution in [0.15, 0.2) is 63.8 Å². The maximum atomic E-state index is 12.4. The summed E-state index contributed by atoms with van der Waals surface area (Å²) < 4.78 is 11.0. The first-order valence-electron chi connectivity index (χ1n) is 7.52. The number of benzene rings is 2. The molecule has 0 radical (unpaired) electrons. The Hall–Kier alpha value is -2.99. The minimum atomic E-state index is -0.568. The zero-order valence-electron chi connectivity index (χ0n) is 13.1. The van der Waals surface area contributed by atoms with Gasteiger partial charge >= 0.3 is 5.63 Å². The van der Waals surface area contributed by atoms with E-state index in [2.05, 4.69) is 10.6 Å². The monoisotopic (exact) mass is 358 g/mol. The Balaban J connectivity index is 2.01. The zero-order chi connectivity index (χ0) is 17.6. The molecule has 0 spiro atoms. The molecular formula is C18H15ClN2O4. The Labute approximate surface area is 148 Å². The van der Waals surface area contributed by atoms with E-state index in [4.69, 9.17) is 20.8 Å². The molecule has 1 aromatic heterocycles. The van der Waals surface area contributed by atoms with E-state index in [1.54, 1.807) is 24.3 Å². The number of halogens is 1. The number of para-hydroxylation sites is 2. The van der Waals surface area contributed by atoms with Gasteiger partial charge in [-0.05, 0) is 24.3 Å². The van der Waals surface area contributed by atoms with E-state index in [0.717, 1.165) is 0 Å². The molecule has 0 saturated heterocycles. The van der Waals surface area contributed by atoms with Gasteiger partial charge in [-0.1, -0.05) is 30.3 Å². The van der Waals surface area contributed by atoms with Crippen LogP contribution in [0, 0.1) is 0 Å². The van der Waals surface area contributed by atoms with E-state index in [-0.39, 0.29) is 24.2 Å². The first-order valence-corrected chi connectivity index (χ1v) is 8.06. The number of carbonyl (C=O) groups is 1. The van der Waals surface area contributed by atoms with Crippen LogP contribution in [0.5, 0.6) is 5.75 Å². The van der Waals surface area contributed by atoms with Crippen molar-refractivity contribution in [2.75, 3.05) is 17.9 Å². The normalized spacial score (nSPS) is 10.4. The van der Waals surface area contributed by atoms with E-state index in [0.29, 0.717) is 22.4 Å². The summed E-state index contributed by atoms with van der Waals surface area (Å²) in [6.07, 6.45) is 0. The SMILES string of the molecule is O=C(CCl)NCOc1c(Nc2ccccc2)c(=O)oc2ccccc12. The highest BCUT2D eigenvalue weighted by molar-refractivity contribution is 6.27. The van der Waals surface area contributed by atoms with E-state index >= 15 is 0 Å². The first-order chi connectivity index (χ1) is 12.2. The number of rotatable bonds is 6. The van der Waals surface area contributed by atoms with E-state index in [9.17, 15) is 9.59 Å². The Morgan fingerprint density at radius 1 is 1.08 bits per heavy atom. The second kappa shape index (κ2) is 7.72. The predicted octanol–water partition coefficient (Wildman–Crippen LogP) is 3.23. The number of ether oxygens (including phenoxy) is 1. The highest BCUT2D eigenvalue weighted by atomic mass is 35.5. The van der Waals surface area contributed by atoms with Gasteiger partial charge < -0.3 is 19.8 Å². The Bertz CT molecular complexity index is 941. The number of alkyl halides is 1. The molecule has 0 unspecified atom stereocenters. The quantitative estimate of drug-likeness (QED) is 0.402. The second-order valence-electron chi connectivity index (χ2n) is 5.10. The average molecular weight is 359 g/mol. The summed E-state index contributed by atoms with van der Waals surface area (Å²) in [5.74, 6) is -0.243. The summed E-state index contributed by atoms with van der Waals surface area (Å²) in [5, 5.41) is 6.13. The number of hydrogen-bond acceptors (Lipinski definition) is 5. The topological polar surface area (TPSA) is 80.6 Å². The lowest BCUT2D eigenvalue weighted by atomic mass is 10.2. The molecule has 0 bridgehead atoms. The molecule has 0 fully saturated rings. The molecule has 6 nitrogen and oxygen atoms in total. The summed E-state index contributed by atoms with van der Waals surface area (Å²) in [4.78, 5) is 23.7. The maximum Gasteiger partial charge on any atom is 0.364 e. The van der Waals surface area contributed by atoms with Gasteiger partial charge in [0.25, 0.3) is 0 Å². The molecule has 7 heteroatoms. The summed E-state index contributed by atoms with van der Waals surface area (Å²) >= 11 is 5.45. The largest absolute Gasteiger partial charge is 0.470 e. The molecule has 0 aliphatic heterocycles. The van der Waals surface area contributed by atoms with Crippen molar-refractivity contribution in [3.05, 3.63) is 65.0 Å². The van der Waals surface area contributed by atoms with Gasteiger partial charge in [-0.3, -0.25) is 4.79 Å². The number of fused-ring (bicyclic) bond motifs is 1. The van der Waals surface area contributed by atoms with Crippen molar-refractivity contribution in [2.24, 2.45) is 0 Å². The molecule has 3 rings (SSSR count). The molecule has 1 amide bonds. The van der Waals surface area contributed by atoms with Crippen LogP contribution in [0.25, 0.3) is 11.0 Å². The summed E-state index contributed by atoms with van der Waals surface area (Å²) in [5.41, 5.74) is 0.691. The van der Waals surface area contributed by atoms with Crippen LogP contribution in [0.2, 0.25) is 0 Å². The smallest absolute Gasteiger partial charge is 0.364 e. The molecule has 2 N–H and O–H groups in total. The van der Waals surface area contributed by atoms with Crippen molar-refractivity contribution in [1.29, 1.82) is 0 Å². The molecule has 0 aliphatic carbocycles. The molecule has 0 atom stereocenters. The Morgan fingerprint density at radius 2 is 1.80 bits per heavy atom. The molecule has 128 valence electrons. The standard InChI is InChI=1S/C18H15ClN2O4/c19-10-15(22)20-11-24-17-13-8-4-5-9-14(13)25-18(23)16(17)21-12-6-2-1-3-7-12/h1-9,21H,10-11H2,(H,20,22). The third kappa shape index (κ3) is 3.92. The van der Waals surface area contributed by atoms with Crippen LogP contribution in [0.3, 0.4) is 0 Å². The van der Waals surface area contributed by atoms with E-state index in [1.165, 1.54) is 0 Å². The third-order valence-electron chi connectivity index (χ3n) is 3.42. The molecule has 3 aromatic rings. The fourth-order valence-corrected chi connectivity index (χ4v) is 2.38. The van der Waals surface area contributed by atoms with Crippen LogP contribution in [-0.4, -0.2) is 18.5 Å². The fourth-order valence-electron chi connectivity index (χ4n) is 2.28. The van der Waals surface area contributed by atoms with Gasteiger partial charge in [-0.15, -0.1) is 11.6 Å². The Morgan fingerprint density at radius 3 is 2.56 bits per heavy atom. The van der Waals surface area contributed by atoms with Crippen LogP contribution < -0.4 is 21.0 Å². The van der Waals surface area contributed by atoms with Gasteiger partial charge in [-0.2, -0.15) is 0 Å². The summed E-state index contributed by atoms with van der Waals surface area (Å²) in [6.45, 7) is -0.123. The lowest BCUT2D eigenvalue weighted by Crippen LogP contribution is -2.29. The number of amides is 1. The number of nitrogens with one attached hydrogen (secondary N) is 2. The van der Waals surface area contributed by atoms with E-state index in [1.807, 2.05) is 30.3 Å². The minimum absolute atomic E-state index is 0.123. The lowest BCUT2D eigenvalue weighted by molar-refractivity contribution is -0.119. The minimum Gasteiger partial charge on any atom is -0.470 e. The third-order valence-corrected chi connectivity index (χ3v) is 3.66. The van der Waals surface area contributed by atoms with Gasteiger partial charge in [0, 0.05) is 5.69 Å². The number of hydrogen-bond donors (Lipinski definition) is 2. The van der Waals surface area contributed by atoms with Crippen LogP contribution >= 0.6 is 11.6 Å². The lowest BCUT2D eigenvalue weighted by Gasteiger charge is -2.14. The number of carbonyl (C=O) groups excluding carboxylic acids is 1. The van der Waals surface area contributed by atoms with E-state index < -0.39 is 5.63 Å². The van der Waals surface area contributed by atoms with Crippen LogP contribution in [0.4, 0.5) is 11.4 Å². The van der Waals surface area contributed by atoms with Crippen molar-refractivity contribution in [2.45, 2.75) is 0 Å². The zero-order valence-corrected chi connectivity index (χ0v) is 13.9. The van der Waals surface area contributed by atoms with Gasteiger partial charge in [-0.25, -0.2) is 4.79 Å². The van der Waals surface area contributed by atoms with Crippen molar-refractivity contribution in [1.82, 2.24) is 5.32 Å². The fraction of sp³-hybridized carbons (Fsp3) is 0.111. The van der Waals surface area contributed by atoms with Crippen molar-refractivity contribution in [3.63, 3.8) is 0 Å². The van der Waals surface area contributed by atoms with Gasteiger partial charge in [0.15, 0.2) is 18.2 Å². The molecular weight excluding hydrogens is 344 g/mol. The number of anilines is 2. The van der Waals surface area contributed by atoms with Crippen LogP contribution in [-0.2, 0) is 4.79 Å². The Kier molecular flexibility index (Phi) is 5.20. The van der Waals surface area contributed by atoms with Gasteiger partial charge in [0.05, 0.1) is 5.39 Å². The van der Waals surface area contributed by atoms with Crippen molar-refractivity contribution < 1.29 is 13.9 Å². The summed E-state index contributed by atoms with van der Waals surface area (Å²) in [6, 6.07) is 16.2. The average Bonchev–Trinajstić information content (AvgIpc) is 2.64. The molecule has 1 heterocycles. The molecule has 25 heavy (non-hydrogen) atoms. The summed E-state index contributed by atoms with van der Waals surface area (Å²) in [7, 11) is 0. The first kappa shape index (κ1) is 16.9. The molecule has 0 aliphatic rings. The highest BCUT2D eigenvalue weighted by Gasteiger charge is 2.16. The molecule has 2 aromatic carbocycles. The van der Waals surface area contributed by atoms with Gasteiger partial charge in [0.1, 0.15) is 11.5 Å². The van der Waals surface area contributed by atoms with Gasteiger partial charge in [0.2, 0.25) is 5.91 Å².